The maximum atomic E-state index is 12.9. The number of hydrogen-bond donors (Lipinski definition) is 0. The van der Waals surface area contributed by atoms with Crippen molar-refractivity contribution in [2.24, 2.45) is 0 Å². The summed E-state index contributed by atoms with van der Waals surface area (Å²) < 4.78 is 16.9. The molecule has 1 atom stereocenters. The van der Waals surface area contributed by atoms with Gasteiger partial charge in [-0.1, -0.05) is 283 Å². The minimum absolute atomic E-state index is 0.0868. The molecular weight excluding hydrogens is 973 g/mol. The molecule has 79 heavy (non-hydrogen) atoms. The number of unbranched alkanes of at least 4 members (excludes halogenated alkanes) is 25. The molecule has 0 fully saturated rings. The molecule has 0 aliphatic heterocycles. The molecule has 0 heterocycles. The fourth-order valence-corrected chi connectivity index (χ4v) is 8.76. The summed E-state index contributed by atoms with van der Waals surface area (Å²) in [6.45, 7) is 6.47. The molecule has 0 aromatic rings. The second kappa shape index (κ2) is 66.1. The standard InChI is InChI=1S/C73H120O6/c1-4-7-10-13-16-19-21-23-25-27-29-30-31-32-33-34-35-36-37-38-39-40-41-42-44-45-47-49-51-54-57-60-63-66-72(75)78-69-70(68-77-71(74)65-62-59-56-53-18-15-12-9-6-3)79-73(76)67-64-61-58-55-52-50-48-46-43-28-26-24-22-20-17-14-11-8-5-2/h7,10,16-17,19-20,23-26,29-30,32-33,35-36,38-39,41-43,46,70H,4-6,8-9,11-15,18,21-22,27-28,31,34,37,40,44-45,47-69H2,1-3H3/b10-7-,19-16-,20-17-,25-23-,26-24-,30-29-,33-32-,36-35-,39-38-,42-41-,46-43-. The van der Waals surface area contributed by atoms with E-state index in [-0.39, 0.29) is 31.1 Å². The van der Waals surface area contributed by atoms with Gasteiger partial charge in [0, 0.05) is 19.3 Å². The molecule has 1 unspecified atom stereocenters. The van der Waals surface area contributed by atoms with E-state index in [1.165, 1.54) is 109 Å². The quantitative estimate of drug-likeness (QED) is 0.0261. The molecule has 0 amide bonds. The van der Waals surface area contributed by atoms with E-state index in [1.54, 1.807) is 0 Å². The van der Waals surface area contributed by atoms with E-state index >= 15 is 0 Å². The minimum Gasteiger partial charge on any atom is -0.462 e. The Morgan fingerprint density at radius 1 is 0.266 bits per heavy atom. The number of esters is 3. The Morgan fingerprint density at radius 2 is 0.494 bits per heavy atom. The van der Waals surface area contributed by atoms with Gasteiger partial charge in [0.05, 0.1) is 0 Å². The van der Waals surface area contributed by atoms with Gasteiger partial charge in [-0.3, -0.25) is 14.4 Å². The summed E-state index contributed by atoms with van der Waals surface area (Å²) in [4.78, 5) is 38.2. The predicted molar refractivity (Wildman–Crippen MR) is 343 cm³/mol. The van der Waals surface area contributed by atoms with Gasteiger partial charge in [0.25, 0.3) is 0 Å². The van der Waals surface area contributed by atoms with E-state index in [2.05, 4.69) is 154 Å². The Hall–Kier alpha value is -4.45. The first-order valence-corrected chi connectivity index (χ1v) is 32.7. The van der Waals surface area contributed by atoms with E-state index in [0.717, 1.165) is 141 Å². The summed E-state index contributed by atoms with van der Waals surface area (Å²) in [6.07, 6.45) is 93.2. The largest absolute Gasteiger partial charge is 0.462 e. The highest BCUT2D eigenvalue weighted by Crippen LogP contribution is 2.15. The zero-order valence-electron chi connectivity index (χ0n) is 51.3. The van der Waals surface area contributed by atoms with E-state index in [0.29, 0.717) is 19.3 Å². The molecule has 0 saturated carbocycles. The summed E-state index contributed by atoms with van der Waals surface area (Å²) in [5, 5.41) is 0. The van der Waals surface area contributed by atoms with Gasteiger partial charge >= 0.3 is 17.9 Å². The Balaban J connectivity index is 4.24. The van der Waals surface area contributed by atoms with Gasteiger partial charge in [0.15, 0.2) is 6.10 Å². The maximum Gasteiger partial charge on any atom is 0.306 e. The van der Waals surface area contributed by atoms with Crippen LogP contribution in [0, 0.1) is 0 Å². The van der Waals surface area contributed by atoms with E-state index in [4.69, 9.17) is 14.2 Å². The molecule has 0 rings (SSSR count). The molecule has 6 heteroatoms. The Bertz CT molecular complexity index is 1680. The fraction of sp³-hybridized carbons (Fsp3) is 0.658. The van der Waals surface area contributed by atoms with Crippen molar-refractivity contribution in [1.82, 2.24) is 0 Å². The summed E-state index contributed by atoms with van der Waals surface area (Å²) in [6, 6.07) is 0. The molecule has 448 valence electrons. The maximum absolute atomic E-state index is 12.9. The first-order valence-electron chi connectivity index (χ1n) is 32.7. The highest BCUT2D eigenvalue weighted by atomic mass is 16.6. The number of hydrogen-bond acceptors (Lipinski definition) is 6. The van der Waals surface area contributed by atoms with Gasteiger partial charge in [0.2, 0.25) is 0 Å². The normalized spacial score (nSPS) is 13.0. The average molecular weight is 1090 g/mol. The lowest BCUT2D eigenvalue weighted by Gasteiger charge is -2.18. The monoisotopic (exact) mass is 1090 g/mol. The summed E-state index contributed by atoms with van der Waals surface area (Å²) in [7, 11) is 0. The second-order valence-corrected chi connectivity index (χ2v) is 21.3. The minimum atomic E-state index is -0.791. The van der Waals surface area contributed by atoms with Crippen LogP contribution >= 0.6 is 0 Å². The second-order valence-electron chi connectivity index (χ2n) is 21.3. The van der Waals surface area contributed by atoms with Crippen LogP contribution < -0.4 is 0 Å². The third kappa shape index (κ3) is 64.3. The average Bonchev–Trinajstić information content (AvgIpc) is 3.45. The van der Waals surface area contributed by atoms with Crippen LogP contribution in [0.15, 0.2) is 134 Å². The first-order chi connectivity index (χ1) is 39.0. The van der Waals surface area contributed by atoms with Gasteiger partial charge in [-0.15, -0.1) is 0 Å². The third-order valence-electron chi connectivity index (χ3n) is 13.6. The van der Waals surface area contributed by atoms with Crippen molar-refractivity contribution in [3.8, 4) is 0 Å². The van der Waals surface area contributed by atoms with Crippen LogP contribution in [0.25, 0.3) is 0 Å². The fourth-order valence-electron chi connectivity index (χ4n) is 8.76. The number of carbonyl (C=O) groups is 3. The number of rotatable bonds is 58. The van der Waals surface area contributed by atoms with Crippen molar-refractivity contribution in [2.75, 3.05) is 13.2 Å². The van der Waals surface area contributed by atoms with E-state index in [1.807, 2.05) is 0 Å². The van der Waals surface area contributed by atoms with Crippen molar-refractivity contribution < 1.29 is 28.6 Å². The van der Waals surface area contributed by atoms with Crippen molar-refractivity contribution in [2.45, 2.75) is 297 Å². The van der Waals surface area contributed by atoms with Crippen molar-refractivity contribution >= 4 is 17.9 Å². The van der Waals surface area contributed by atoms with Crippen LogP contribution in [0.4, 0.5) is 0 Å². The van der Waals surface area contributed by atoms with Gasteiger partial charge in [0.1, 0.15) is 13.2 Å². The smallest absolute Gasteiger partial charge is 0.306 e. The van der Waals surface area contributed by atoms with E-state index < -0.39 is 6.10 Å². The van der Waals surface area contributed by atoms with Gasteiger partial charge < -0.3 is 14.2 Å². The lowest BCUT2D eigenvalue weighted by atomic mass is 10.1. The molecule has 0 aromatic heterocycles. The molecule has 0 aromatic carbocycles. The highest BCUT2D eigenvalue weighted by Gasteiger charge is 2.19. The lowest BCUT2D eigenvalue weighted by molar-refractivity contribution is -0.167. The topological polar surface area (TPSA) is 78.9 Å². The zero-order valence-corrected chi connectivity index (χ0v) is 51.3. The highest BCUT2D eigenvalue weighted by molar-refractivity contribution is 5.71. The molecule has 0 aliphatic rings. The van der Waals surface area contributed by atoms with Crippen LogP contribution in [0.5, 0.6) is 0 Å². The first kappa shape index (κ1) is 74.5. The van der Waals surface area contributed by atoms with Crippen LogP contribution in [0.1, 0.15) is 290 Å². The summed E-state index contributed by atoms with van der Waals surface area (Å²) in [5.41, 5.74) is 0. The molecule has 6 nitrogen and oxygen atoms in total. The van der Waals surface area contributed by atoms with Crippen LogP contribution in [0.3, 0.4) is 0 Å². The van der Waals surface area contributed by atoms with Gasteiger partial charge in [-0.05, 0) is 122 Å². The molecule has 0 aliphatic carbocycles. The lowest BCUT2D eigenvalue weighted by Crippen LogP contribution is -2.30. The van der Waals surface area contributed by atoms with Crippen LogP contribution in [-0.2, 0) is 28.6 Å². The molecule has 0 spiro atoms. The van der Waals surface area contributed by atoms with Crippen molar-refractivity contribution in [3.63, 3.8) is 0 Å². The molecule has 0 N–H and O–H groups in total. The summed E-state index contributed by atoms with van der Waals surface area (Å²) in [5.74, 6) is -0.909. The summed E-state index contributed by atoms with van der Waals surface area (Å²) >= 11 is 0. The Morgan fingerprint density at radius 3 is 0.797 bits per heavy atom. The van der Waals surface area contributed by atoms with Crippen LogP contribution in [-0.4, -0.2) is 37.2 Å². The predicted octanol–water partition coefficient (Wildman–Crippen LogP) is 22.5. The number of allylic oxidation sites excluding steroid dienone is 22. The third-order valence-corrected chi connectivity index (χ3v) is 13.6. The number of carbonyl (C=O) groups excluding carboxylic acids is 3. The van der Waals surface area contributed by atoms with Crippen LogP contribution in [0.2, 0.25) is 0 Å². The Labute approximate surface area is 487 Å². The number of ether oxygens (including phenoxy) is 3. The Kier molecular flexibility index (Phi) is 62.3. The van der Waals surface area contributed by atoms with Gasteiger partial charge in [-0.2, -0.15) is 0 Å². The van der Waals surface area contributed by atoms with Crippen molar-refractivity contribution in [3.05, 3.63) is 134 Å². The molecule has 0 bridgehead atoms. The molecule has 0 saturated heterocycles. The van der Waals surface area contributed by atoms with E-state index in [9.17, 15) is 14.4 Å². The SMILES string of the molecule is CC/C=C\C/C=C\C/C=C\C/C=C\C/C=C\C/C=C\C/C=C\C/C=C\CCCCCCCCCCC(=O)OCC(COC(=O)CCCCCCCCCCC)OC(=O)CCCCCCCC/C=C\C/C=C\C/C=C\CCCCC. The van der Waals surface area contributed by atoms with Crippen molar-refractivity contribution in [1.29, 1.82) is 0 Å². The molecular formula is C73H120O6. The van der Waals surface area contributed by atoms with Gasteiger partial charge in [-0.25, -0.2) is 0 Å². The molecule has 0 radical (unpaired) electrons. The zero-order chi connectivity index (χ0) is 57.1.